The Labute approximate surface area is 140 Å². The molecule has 2 aromatic carbocycles. The average Bonchev–Trinajstić information content (AvgIpc) is 2.59. The van der Waals surface area contributed by atoms with E-state index >= 15 is 0 Å². The predicted octanol–water partition coefficient (Wildman–Crippen LogP) is 1.98. The summed E-state index contributed by atoms with van der Waals surface area (Å²) >= 11 is 0. The first-order valence-electron chi connectivity index (χ1n) is 6.91. The molecule has 0 spiro atoms. The van der Waals surface area contributed by atoms with E-state index in [1.165, 1.54) is 44.6 Å². The van der Waals surface area contributed by atoms with Crippen LogP contribution in [0.4, 0.5) is 5.69 Å². The molecule has 0 atom stereocenters. The Morgan fingerprint density at radius 3 is 2.21 bits per heavy atom. The second kappa shape index (κ2) is 7.22. The third-order valence-corrected chi connectivity index (χ3v) is 5.04. The topological polar surface area (TPSA) is 93.1 Å². The highest BCUT2D eigenvalue weighted by atomic mass is 32.2. The Bertz CT molecular complexity index is 820. The molecule has 8 heteroatoms. The van der Waals surface area contributed by atoms with E-state index in [-0.39, 0.29) is 16.3 Å². The van der Waals surface area contributed by atoms with Crippen LogP contribution in [0.1, 0.15) is 0 Å². The van der Waals surface area contributed by atoms with Crippen LogP contribution < -0.4 is 13.8 Å². The lowest BCUT2D eigenvalue weighted by Gasteiger charge is -2.23. The quantitative estimate of drug-likeness (QED) is 0.820. The summed E-state index contributed by atoms with van der Waals surface area (Å²) in [5.74, 6) is -0.647. The van der Waals surface area contributed by atoms with Crippen molar-refractivity contribution >= 4 is 21.7 Å². The summed E-state index contributed by atoms with van der Waals surface area (Å²) in [6, 6.07) is 12.1. The monoisotopic (exact) mass is 351 g/mol. The molecule has 24 heavy (non-hydrogen) atoms. The summed E-state index contributed by atoms with van der Waals surface area (Å²) in [6.45, 7) is -0.694. The van der Waals surface area contributed by atoms with Crippen LogP contribution in [0.25, 0.3) is 0 Å². The van der Waals surface area contributed by atoms with Crippen molar-refractivity contribution in [2.24, 2.45) is 0 Å². The van der Waals surface area contributed by atoms with Gasteiger partial charge in [-0.15, -0.1) is 0 Å². The van der Waals surface area contributed by atoms with Crippen LogP contribution in [-0.2, 0) is 14.8 Å². The first-order chi connectivity index (χ1) is 11.4. The Morgan fingerprint density at radius 2 is 1.67 bits per heavy atom. The zero-order chi connectivity index (χ0) is 17.7. The van der Waals surface area contributed by atoms with Crippen molar-refractivity contribution < 1.29 is 27.8 Å². The fourth-order valence-corrected chi connectivity index (χ4v) is 3.57. The van der Waals surface area contributed by atoms with Crippen molar-refractivity contribution in [2.75, 3.05) is 25.1 Å². The molecule has 0 aliphatic heterocycles. The number of carboxylic acid groups (broad SMARTS) is 1. The third-order valence-electron chi connectivity index (χ3n) is 3.27. The SMILES string of the molecule is COc1ccc(S(=O)(=O)N(CC(=O)O)c2ccccc2)cc1OC. The maximum Gasteiger partial charge on any atom is 0.324 e. The Hall–Kier alpha value is -2.74. The first kappa shape index (κ1) is 17.6. The van der Waals surface area contributed by atoms with Crippen molar-refractivity contribution in [3.63, 3.8) is 0 Å². The first-order valence-corrected chi connectivity index (χ1v) is 8.35. The maximum absolute atomic E-state index is 12.9. The van der Waals surface area contributed by atoms with E-state index in [9.17, 15) is 13.2 Å². The average molecular weight is 351 g/mol. The molecule has 128 valence electrons. The largest absolute Gasteiger partial charge is 0.493 e. The molecular weight excluding hydrogens is 334 g/mol. The normalized spacial score (nSPS) is 10.9. The number of carbonyl (C=O) groups is 1. The number of hydrogen-bond acceptors (Lipinski definition) is 5. The minimum Gasteiger partial charge on any atom is -0.493 e. The van der Waals surface area contributed by atoms with E-state index < -0.39 is 22.5 Å². The van der Waals surface area contributed by atoms with Gasteiger partial charge in [-0.05, 0) is 24.3 Å². The molecule has 0 saturated carbocycles. The van der Waals surface area contributed by atoms with Gasteiger partial charge in [0.25, 0.3) is 10.0 Å². The van der Waals surface area contributed by atoms with Gasteiger partial charge in [-0.1, -0.05) is 18.2 Å². The molecule has 0 amide bonds. The van der Waals surface area contributed by atoms with Crippen LogP contribution in [0, 0.1) is 0 Å². The molecule has 0 heterocycles. The summed E-state index contributed by atoms with van der Waals surface area (Å²) in [7, 11) is -1.26. The zero-order valence-electron chi connectivity index (χ0n) is 13.2. The van der Waals surface area contributed by atoms with Crippen molar-refractivity contribution in [3.05, 3.63) is 48.5 Å². The number of para-hydroxylation sites is 1. The predicted molar refractivity (Wildman–Crippen MR) is 88.2 cm³/mol. The van der Waals surface area contributed by atoms with Gasteiger partial charge in [0.15, 0.2) is 11.5 Å². The number of rotatable bonds is 7. The number of carboxylic acids is 1. The Balaban J connectivity index is 2.54. The van der Waals surface area contributed by atoms with Gasteiger partial charge in [0.05, 0.1) is 24.8 Å². The number of benzene rings is 2. The van der Waals surface area contributed by atoms with Gasteiger partial charge in [0.2, 0.25) is 0 Å². The van der Waals surface area contributed by atoms with Gasteiger partial charge in [0, 0.05) is 6.07 Å². The molecule has 0 radical (unpaired) electrons. The van der Waals surface area contributed by atoms with Crippen LogP contribution in [0.5, 0.6) is 11.5 Å². The number of sulfonamides is 1. The molecule has 0 unspecified atom stereocenters. The molecule has 0 bridgehead atoms. The number of nitrogens with zero attached hydrogens (tertiary/aromatic N) is 1. The summed E-state index contributed by atoms with van der Waals surface area (Å²) in [5.41, 5.74) is 0.259. The van der Waals surface area contributed by atoms with E-state index in [4.69, 9.17) is 14.6 Å². The summed E-state index contributed by atoms with van der Waals surface area (Å²) in [6.07, 6.45) is 0. The van der Waals surface area contributed by atoms with Gasteiger partial charge in [-0.2, -0.15) is 0 Å². The summed E-state index contributed by atoms with van der Waals surface area (Å²) in [5, 5.41) is 9.09. The molecule has 0 aromatic heterocycles. The van der Waals surface area contributed by atoms with Crippen LogP contribution >= 0.6 is 0 Å². The lowest BCUT2D eigenvalue weighted by atomic mass is 10.3. The number of ether oxygens (including phenoxy) is 2. The van der Waals surface area contributed by atoms with Gasteiger partial charge < -0.3 is 14.6 Å². The lowest BCUT2D eigenvalue weighted by molar-refractivity contribution is -0.135. The number of aliphatic carboxylic acids is 1. The van der Waals surface area contributed by atoms with Crippen LogP contribution in [0.3, 0.4) is 0 Å². The van der Waals surface area contributed by atoms with Crippen molar-refractivity contribution in [2.45, 2.75) is 4.90 Å². The van der Waals surface area contributed by atoms with Crippen LogP contribution in [-0.4, -0.2) is 40.3 Å². The fourth-order valence-electron chi connectivity index (χ4n) is 2.14. The molecule has 7 nitrogen and oxygen atoms in total. The Morgan fingerprint density at radius 1 is 1.04 bits per heavy atom. The molecule has 1 N–H and O–H groups in total. The second-order valence-corrected chi connectivity index (χ2v) is 6.62. The van der Waals surface area contributed by atoms with E-state index in [1.54, 1.807) is 18.2 Å². The van der Waals surface area contributed by atoms with E-state index in [2.05, 4.69) is 0 Å². The smallest absolute Gasteiger partial charge is 0.324 e. The van der Waals surface area contributed by atoms with E-state index in [0.717, 1.165) is 4.31 Å². The highest BCUT2D eigenvalue weighted by Crippen LogP contribution is 2.32. The van der Waals surface area contributed by atoms with E-state index in [1.807, 2.05) is 0 Å². The van der Waals surface area contributed by atoms with Crippen molar-refractivity contribution in [1.82, 2.24) is 0 Å². The highest BCUT2D eigenvalue weighted by molar-refractivity contribution is 7.92. The molecule has 2 aromatic rings. The highest BCUT2D eigenvalue weighted by Gasteiger charge is 2.28. The van der Waals surface area contributed by atoms with Gasteiger partial charge >= 0.3 is 5.97 Å². The molecule has 0 aliphatic rings. The molecule has 0 fully saturated rings. The van der Waals surface area contributed by atoms with Crippen molar-refractivity contribution in [1.29, 1.82) is 0 Å². The summed E-state index contributed by atoms with van der Waals surface area (Å²) in [4.78, 5) is 11.0. The minimum absolute atomic E-state index is 0.0924. The fraction of sp³-hybridized carbons (Fsp3) is 0.188. The third kappa shape index (κ3) is 3.60. The summed E-state index contributed by atoms with van der Waals surface area (Å²) < 4.78 is 36.8. The van der Waals surface area contributed by atoms with Crippen LogP contribution in [0.15, 0.2) is 53.4 Å². The zero-order valence-corrected chi connectivity index (χ0v) is 14.0. The van der Waals surface area contributed by atoms with Crippen LogP contribution in [0.2, 0.25) is 0 Å². The van der Waals surface area contributed by atoms with Crippen molar-refractivity contribution in [3.8, 4) is 11.5 Å². The second-order valence-electron chi connectivity index (χ2n) is 4.76. The Kier molecular flexibility index (Phi) is 5.30. The lowest BCUT2D eigenvalue weighted by Crippen LogP contribution is -2.35. The minimum atomic E-state index is -4.09. The van der Waals surface area contributed by atoms with Gasteiger partial charge in [0.1, 0.15) is 6.54 Å². The molecule has 0 aliphatic carbocycles. The molecule has 2 rings (SSSR count). The van der Waals surface area contributed by atoms with Gasteiger partial charge in [-0.3, -0.25) is 9.10 Å². The number of anilines is 1. The standard InChI is InChI=1S/C16H17NO6S/c1-22-14-9-8-13(10-15(14)23-2)24(20,21)17(11-16(18)19)12-6-4-3-5-7-12/h3-10H,11H2,1-2H3,(H,18,19). The molecule has 0 saturated heterocycles. The number of hydrogen-bond donors (Lipinski definition) is 1. The van der Waals surface area contributed by atoms with E-state index in [0.29, 0.717) is 5.75 Å². The maximum atomic E-state index is 12.9. The van der Waals surface area contributed by atoms with Gasteiger partial charge in [-0.25, -0.2) is 8.42 Å². The molecular formula is C16H17NO6S. The number of methoxy groups -OCH3 is 2.